The van der Waals surface area contributed by atoms with Crippen LogP contribution in [-0.4, -0.2) is 128 Å². The Balaban J connectivity index is 1.20. The fraction of sp³-hybridized carbons (Fsp3) is 0.205. The van der Waals surface area contributed by atoms with Gasteiger partial charge < -0.3 is 14.6 Å². The van der Waals surface area contributed by atoms with Crippen molar-refractivity contribution >= 4 is 167 Å². The normalized spacial score (nSPS) is 13.2. The summed E-state index contributed by atoms with van der Waals surface area (Å²) in [6.07, 6.45) is -0.350. The maximum atomic E-state index is 12.6. The summed E-state index contributed by atoms with van der Waals surface area (Å²) in [5, 5.41) is 45.7. The Morgan fingerprint density at radius 1 is 0.667 bits per heavy atom. The number of nitrogens with zero attached hydrogens (tertiary/aromatic N) is 10. The summed E-state index contributed by atoms with van der Waals surface area (Å²) in [6, 6.07) is 11.1. The highest BCUT2D eigenvalue weighted by Gasteiger charge is 2.29. The van der Waals surface area contributed by atoms with Gasteiger partial charge in [0, 0.05) is 33.4 Å². The van der Waals surface area contributed by atoms with E-state index in [0.29, 0.717) is 29.0 Å². The number of fused-ring (bicyclic) bond motifs is 6. The molecule has 0 aliphatic heterocycles. The third kappa shape index (κ3) is 13.9. The molecule has 444 valence electrons. The molecule has 8 rings (SSSR count). The zero-order chi connectivity index (χ0) is 61.8. The largest absolute Gasteiger partial charge is 0.495 e. The van der Waals surface area contributed by atoms with Crippen molar-refractivity contribution in [3.8, 4) is 23.4 Å². The predicted molar refractivity (Wildman–Crippen MR) is 300 cm³/mol. The summed E-state index contributed by atoms with van der Waals surface area (Å²) >= 11 is 8.15. The van der Waals surface area contributed by atoms with E-state index < -0.39 is 114 Å². The van der Waals surface area contributed by atoms with Crippen molar-refractivity contribution in [1.29, 1.82) is 5.26 Å². The predicted octanol–water partition coefficient (Wildman–Crippen LogP) is 9.37. The van der Waals surface area contributed by atoms with E-state index in [1.54, 1.807) is 6.92 Å². The van der Waals surface area contributed by atoms with Gasteiger partial charge in [-0.3, -0.25) is 31.7 Å². The molecule has 0 unspecified atom stereocenters. The van der Waals surface area contributed by atoms with Crippen LogP contribution in [0.25, 0.3) is 37.7 Å². The van der Waals surface area contributed by atoms with E-state index in [1.807, 2.05) is 6.07 Å². The molecule has 0 amide bonds. The second-order valence-corrected chi connectivity index (χ2v) is 28.7. The van der Waals surface area contributed by atoms with Crippen molar-refractivity contribution in [3.63, 3.8) is 0 Å². The first-order valence-electron chi connectivity index (χ1n) is 22.8. The fourth-order valence-corrected chi connectivity index (χ4v) is 13.9. The number of aromatic nitrogens is 3. The zero-order valence-corrected chi connectivity index (χ0v) is 49.7. The van der Waals surface area contributed by atoms with Gasteiger partial charge in [-0.1, -0.05) is 22.9 Å². The standard InChI is InChI=1S/C44H37ClN10O21S8/c1-20-10-30(51-53-39-21(2)25(19-46)42-47-29-16-34(75-3)37(83(69,70)71)18-32(29)55(42)43(39)56)33(76-6-4-8-79(57,58)59)15-27(20)49-52-31-14-26(45)28(17-35(31)77-7-5-9-80(60,61)62)50-54-44-48-40-38(84(72,73)74)13-23-24(41(40)78-44)11-22(81(63,64)65)12-36(23)82(66,67)68/h10-18,56H,4-9H2,1-3H3,(H,57,58,59)(H,60,61,62)(H,63,64,65)(H,66,67,68)(H,69,70,71)(H,72,73,74). The molecule has 5 aromatic carbocycles. The summed E-state index contributed by atoms with van der Waals surface area (Å²) < 4.78 is 215. The van der Waals surface area contributed by atoms with Crippen LogP contribution in [0, 0.1) is 25.2 Å². The number of nitriles is 1. The SMILES string of the molecule is COc1cc2nc3c(C#N)c(C)c(N=Nc4cc(C)c(N=Nc5cc(Cl)c(N=Nc6nc7c(S(=O)(=O)O)cc8c(S(=O)(=O)O)cc(S(=O)(=O)O)cc8c7s6)cc5SCCCS(=O)(=O)O)cc4OCCCS(=O)(=O)O)c(O)n3c2cc1S(=O)(=O)O. The van der Waals surface area contributed by atoms with Crippen LogP contribution in [0.5, 0.6) is 17.4 Å². The molecule has 0 bridgehead atoms. The first-order valence-corrected chi connectivity index (χ1v) is 34.0. The number of methoxy groups -OCH3 is 1. The van der Waals surface area contributed by atoms with E-state index in [4.69, 9.17) is 21.1 Å². The second-order valence-electron chi connectivity index (χ2n) is 17.5. The molecule has 0 atom stereocenters. The molecule has 40 heteroatoms. The lowest BCUT2D eigenvalue weighted by atomic mass is 10.1. The molecule has 0 saturated carbocycles. The number of hydrogen-bond donors (Lipinski definition) is 7. The topological polar surface area (TPSA) is 493 Å². The number of hydrogen-bond acceptors (Lipinski definition) is 26. The van der Waals surface area contributed by atoms with Crippen molar-refractivity contribution in [2.75, 3.05) is 31.0 Å². The quantitative estimate of drug-likeness (QED) is 0.0152. The van der Waals surface area contributed by atoms with Crippen LogP contribution in [0.4, 0.5) is 33.6 Å². The monoisotopic (exact) mass is 1330 g/mol. The lowest BCUT2D eigenvalue weighted by molar-refractivity contribution is 0.317. The van der Waals surface area contributed by atoms with E-state index >= 15 is 0 Å². The van der Waals surface area contributed by atoms with Crippen LogP contribution in [0.2, 0.25) is 5.02 Å². The molecular weight excluding hydrogens is 1300 g/mol. The van der Waals surface area contributed by atoms with Crippen molar-refractivity contribution < 1.29 is 92.4 Å². The summed E-state index contributed by atoms with van der Waals surface area (Å²) in [7, 11) is -28.3. The number of azo groups is 3. The van der Waals surface area contributed by atoms with E-state index in [9.17, 15) is 88.2 Å². The number of aromatic hydroxyl groups is 1. The van der Waals surface area contributed by atoms with E-state index in [0.717, 1.165) is 41.5 Å². The van der Waals surface area contributed by atoms with Gasteiger partial charge >= 0.3 is 0 Å². The molecule has 7 N–H and O–H groups in total. The van der Waals surface area contributed by atoms with Crippen LogP contribution in [0.15, 0.2) is 110 Å². The molecule has 31 nitrogen and oxygen atoms in total. The summed E-state index contributed by atoms with van der Waals surface area (Å²) in [5.41, 5.74) is -1.02. The van der Waals surface area contributed by atoms with Crippen LogP contribution < -0.4 is 9.47 Å². The number of rotatable bonds is 21. The third-order valence-electron chi connectivity index (χ3n) is 11.7. The smallest absolute Gasteiger partial charge is 0.298 e. The number of benzene rings is 5. The Labute approximate surface area is 487 Å². The van der Waals surface area contributed by atoms with Crippen LogP contribution in [-0.2, 0) is 60.7 Å². The fourth-order valence-electron chi connectivity index (χ4n) is 7.96. The van der Waals surface area contributed by atoms with Crippen molar-refractivity contribution in [2.24, 2.45) is 30.7 Å². The van der Waals surface area contributed by atoms with Crippen LogP contribution >= 0.6 is 34.7 Å². The molecule has 8 aromatic rings. The highest BCUT2D eigenvalue weighted by Crippen LogP contribution is 2.46. The average molecular weight is 1330 g/mol. The Kier molecular flexibility index (Phi) is 17.6. The first-order chi connectivity index (χ1) is 39.0. The molecule has 3 heterocycles. The molecular formula is C44H37ClN10O21S8. The third-order valence-corrected chi connectivity index (χ3v) is 19.2. The lowest BCUT2D eigenvalue weighted by Crippen LogP contribution is -2.08. The maximum Gasteiger partial charge on any atom is 0.298 e. The minimum absolute atomic E-state index is 0.00643. The van der Waals surface area contributed by atoms with Gasteiger partial charge in [0.1, 0.15) is 60.4 Å². The molecule has 0 radical (unpaired) electrons. The van der Waals surface area contributed by atoms with Gasteiger partial charge in [0.05, 0.1) is 56.6 Å². The summed E-state index contributed by atoms with van der Waals surface area (Å²) in [5.74, 6) is -2.47. The molecule has 0 saturated heterocycles. The lowest BCUT2D eigenvalue weighted by Gasteiger charge is -2.12. The van der Waals surface area contributed by atoms with E-state index in [-0.39, 0.29) is 113 Å². The number of pyridine rings is 1. The van der Waals surface area contributed by atoms with Gasteiger partial charge in [-0.05, 0) is 80.5 Å². The van der Waals surface area contributed by atoms with E-state index in [1.165, 1.54) is 31.2 Å². The number of halogens is 1. The number of aryl methyl sites for hydroxylation is 1. The summed E-state index contributed by atoms with van der Waals surface area (Å²) in [4.78, 5) is 4.79. The molecule has 3 aromatic heterocycles. The Morgan fingerprint density at radius 3 is 1.92 bits per heavy atom. The van der Waals surface area contributed by atoms with Crippen molar-refractivity contribution in [2.45, 2.75) is 51.2 Å². The second kappa shape index (κ2) is 23.5. The molecule has 0 aliphatic carbocycles. The maximum absolute atomic E-state index is 12.6. The number of imidazole rings is 1. The van der Waals surface area contributed by atoms with Gasteiger partial charge in [-0.2, -0.15) is 60.9 Å². The Morgan fingerprint density at radius 2 is 1.30 bits per heavy atom. The van der Waals surface area contributed by atoms with Crippen molar-refractivity contribution in [3.05, 3.63) is 76.3 Å². The minimum atomic E-state index is -5.33. The zero-order valence-electron chi connectivity index (χ0n) is 42.4. The van der Waals surface area contributed by atoms with Gasteiger partial charge in [-0.15, -0.1) is 37.3 Å². The minimum Gasteiger partial charge on any atom is -0.495 e. The average Bonchev–Trinajstić information content (AvgIpc) is 1.54. The van der Waals surface area contributed by atoms with Gasteiger partial charge in [0.2, 0.25) is 11.0 Å². The van der Waals surface area contributed by atoms with Gasteiger partial charge in [0.25, 0.3) is 60.7 Å². The van der Waals surface area contributed by atoms with E-state index in [2.05, 4.69) is 40.7 Å². The Bertz CT molecular complexity index is 4970. The number of thioether (sulfide) groups is 1. The van der Waals surface area contributed by atoms with Gasteiger partial charge in [0.15, 0.2) is 11.3 Å². The molecule has 0 spiro atoms. The molecule has 0 fully saturated rings. The molecule has 84 heavy (non-hydrogen) atoms. The van der Waals surface area contributed by atoms with Gasteiger partial charge in [-0.25, -0.2) is 9.97 Å². The highest BCUT2D eigenvalue weighted by molar-refractivity contribution is 7.99. The van der Waals surface area contributed by atoms with Crippen LogP contribution in [0.1, 0.15) is 29.5 Å². The molecule has 0 aliphatic rings. The first kappa shape index (κ1) is 63.0. The van der Waals surface area contributed by atoms with Crippen molar-refractivity contribution in [1.82, 2.24) is 14.4 Å². The highest BCUT2D eigenvalue weighted by atomic mass is 35.5. The Hall–Kier alpha value is -7.01. The number of thiazole rings is 1. The van der Waals surface area contributed by atoms with Crippen LogP contribution in [0.3, 0.4) is 0 Å². The summed E-state index contributed by atoms with van der Waals surface area (Å²) in [6.45, 7) is 2.60. The number of ether oxygens (including phenoxy) is 2.